The summed E-state index contributed by atoms with van der Waals surface area (Å²) in [4.78, 5) is 11.0. The monoisotopic (exact) mass is 225 g/mol. The number of ether oxygens (including phenoxy) is 1. The molecule has 1 aromatic heterocycles. The fourth-order valence-corrected chi connectivity index (χ4v) is 1.43. The summed E-state index contributed by atoms with van der Waals surface area (Å²) in [6, 6.07) is 2.07. The van der Waals surface area contributed by atoms with Gasteiger partial charge >= 0.3 is 5.97 Å². The highest BCUT2D eigenvalue weighted by atomic mass is 16.5. The van der Waals surface area contributed by atoms with Gasteiger partial charge in [-0.05, 0) is 26.0 Å². The molecule has 5 heteroatoms. The van der Waals surface area contributed by atoms with Crippen molar-refractivity contribution in [2.75, 3.05) is 13.7 Å². The van der Waals surface area contributed by atoms with E-state index in [2.05, 4.69) is 15.2 Å². The molecule has 1 heterocycles. The number of carbonyl (C=O) groups excluding carboxylic acids is 1. The van der Waals surface area contributed by atoms with Gasteiger partial charge in [-0.1, -0.05) is 0 Å². The van der Waals surface area contributed by atoms with Crippen LogP contribution in [0.25, 0.3) is 0 Å². The summed E-state index contributed by atoms with van der Waals surface area (Å²) in [5.74, 6) is -0.174. The molecule has 0 radical (unpaired) electrons. The van der Waals surface area contributed by atoms with Crippen LogP contribution in [0.1, 0.15) is 19.8 Å². The van der Waals surface area contributed by atoms with Crippen molar-refractivity contribution in [3.05, 3.63) is 18.5 Å². The zero-order chi connectivity index (χ0) is 11.8. The summed E-state index contributed by atoms with van der Waals surface area (Å²) >= 11 is 0. The van der Waals surface area contributed by atoms with Crippen LogP contribution < -0.4 is 5.32 Å². The number of carbonyl (C=O) groups is 1. The first-order valence-corrected chi connectivity index (χ1v) is 5.50. The minimum Gasteiger partial charge on any atom is -0.469 e. The average molecular weight is 225 g/mol. The van der Waals surface area contributed by atoms with E-state index < -0.39 is 0 Å². The molecule has 1 atom stereocenters. The Morgan fingerprint density at radius 3 is 3.06 bits per heavy atom. The number of rotatable bonds is 7. The van der Waals surface area contributed by atoms with E-state index >= 15 is 0 Å². The van der Waals surface area contributed by atoms with Crippen molar-refractivity contribution in [1.82, 2.24) is 15.1 Å². The average Bonchev–Trinajstić information content (AvgIpc) is 2.77. The normalized spacial score (nSPS) is 12.4. The molecule has 0 saturated heterocycles. The predicted octanol–water partition coefficient (Wildman–Crippen LogP) is 0.814. The van der Waals surface area contributed by atoms with Crippen molar-refractivity contribution in [3.63, 3.8) is 0 Å². The molecule has 90 valence electrons. The Hall–Kier alpha value is -1.36. The minimum absolute atomic E-state index is 0.157. The minimum atomic E-state index is -0.174. The van der Waals surface area contributed by atoms with Crippen molar-refractivity contribution in [2.24, 2.45) is 0 Å². The number of aryl methyl sites for hydroxylation is 1. The quantitative estimate of drug-likeness (QED) is 0.551. The van der Waals surface area contributed by atoms with Crippen molar-refractivity contribution < 1.29 is 9.53 Å². The van der Waals surface area contributed by atoms with Gasteiger partial charge in [0.2, 0.25) is 0 Å². The largest absolute Gasteiger partial charge is 0.469 e. The molecule has 0 saturated carbocycles. The first-order valence-electron chi connectivity index (χ1n) is 5.50. The van der Waals surface area contributed by atoms with E-state index in [1.807, 2.05) is 23.9 Å². The van der Waals surface area contributed by atoms with Crippen LogP contribution in [0.2, 0.25) is 0 Å². The molecule has 1 rings (SSSR count). The lowest BCUT2D eigenvalue weighted by molar-refractivity contribution is -0.141. The number of hydrogen-bond acceptors (Lipinski definition) is 4. The van der Waals surface area contributed by atoms with Crippen LogP contribution >= 0.6 is 0 Å². The second kappa shape index (κ2) is 7.00. The van der Waals surface area contributed by atoms with E-state index in [1.54, 1.807) is 6.20 Å². The molecule has 1 aromatic rings. The Labute approximate surface area is 95.8 Å². The molecule has 0 fully saturated rings. The van der Waals surface area contributed by atoms with Gasteiger partial charge in [-0.25, -0.2) is 0 Å². The van der Waals surface area contributed by atoms with Crippen molar-refractivity contribution >= 4 is 5.97 Å². The van der Waals surface area contributed by atoms with Gasteiger partial charge in [0.05, 0.1) is 13.5 Å². The van der Waals surface area contributed by atoms with Crippen LogP contribution in [0.5, 0.6) is 0 Å². The van der Waals surface area contributed by atoms with Crippen LogP contribution in [0.3, 0.4) is 0 Å². The molecule has 0 amide bonds. The van der Waals surface area contributed by atoms with Gasteiger partial charge in [-0.3, -0.25) is 9.48 Å². The van der Waals surface area contributed by atoms with Crippen molar-refractivity contribution in [1.29, 1.82) is 0 Å². The fraction of sp³-hybridized carbons (Fsp3) is 0.636. The third-order valence-electron chi connectivity index (χ3n) is 2.32. The topological polar surface area (TPSA) is 56.1 Å². The maximum absolute atomic E-state index is 11.0. The van der Waals surface area contributed by atoms with Gasteiger partial charge < -0.3 is 10.1 Å². The highest BCUT2D eigenvalue weighted by Crippen LogP contribution is 1.94. The van der Waals surface area contributed by atoms with Crippen LogP contribution in [0, 0.1) is 0 Å². The SMILES string of the molecule is COC(=O)CC(C)NCCCn1cccn1. The smallest absolute Gasteiger partial charge is 0.307 e. The zero-order valence-electron chi connectivity index (χ0n) is 9.85. The third-order valence-corrected chi connectivity index (χ3v) is 2.32. The van der Waals surface area contributed by atoms with E-state index in [1.165, 1.54) is 7.11 Å². The van der Waals surface area contributed by atoms with E-state index in [0.717, 1.165) is 19.5 Å². The van der Waals surface area contributed by atoms with Crippen LogP contribution in [0.15, 0.2) is 18.5 Å². The van der Waals surface area contributed by atoms with Gasteiger partial charge in [-0.15, -0.1) is 0 Å². The molecular weight excluding hydrogens is 206 g/mol. The summed E-state index contributed by atoms with van der Waals surface area (Å²) in [5, 5.41) is 7.38. The molecule has 0 aromatic carbocycles. The summed E-state index contributed by atoms with van der Waals surface area (Å²) in [6.07, 6.45) is 5.12. The lowest BCUT2D eigenvalue weighted by atomic mass is 10.2. The number of hydrogen-bond donors (Lipinski definition) is 1. The van der Waals surface area contributed by atoms with Crippen LogP contribution in [0.4, 0.5) is 0 Å². The van der Waals surface area contributed by atoms with E-state index in [-0.39, 0.29) is 12.0 Å². The molecule has 0 spiro atoms. The molecule has 16 heavy (non-hydrogen) atoms. The second-order valence-corrected chi connectivity index (χ2v) is 3.76. The Bertz CT molecular complexity index is 298. The number of nitrogens with zero attached hydrogens (tertiary/aromatic N) is 2. The Kier molecular flexibility index (Phi) is 5.56. The maximum Gasteiger partial charge on any atom is 0.307 e. The Balaban J connectivity index is 2.04. The van der Waals surface area contributed by atoms with Crippen molar-refractivity contribution in [3.8, 4) is 0 Å². The molecule has 1 unspecified atom stereocenters. The van der Waals surface area contributed by atoms with Gasteiger partial charge in [-0.2, -0.15) is 5.10 Å². The number of methoxy groups -OCH3 is 1. The third kappa shape index (κ3) is 4.93. The maximum atomic E-state index is 11.0. The highest BCUT2D eigenvalue weighted by molar-refractivity contribution is 5.69. The Morgan fingerprint density at radius 1 is 1.62 bits per heavy atom. The number of nitrogens with one attached hydrogen (secondary N) is 1. The molecule has 0 aliphatic rings. The van der Waals surface area contributed by atoms with E-state index in [0.29, 0.717) is 6.42 Å². The van der Waals surface area contributed by atoms with Gasteiger partial charge in [0.25, 0.3) is 0 Å². The second-order valence-electron chi connectivity index (χ2n) is 3.76. The number of aromatic nitrogens is 2. The summed E-state index contributed by atoms with van der Waals surface area (Å²) in [6.45, 7) is 3.74. The van der Waals surface area contributed by atoms with Gasteiger partial charge in [0.1, 0.15) is 0 Å². The first-order chi connectivity index (χ1) is 7.72. The molecule has 0 aliphatic carbocycles. The van der Waals surface area contributed by atoms with Gasteiger partial charge in [0.15, 0.2) is 0 Å². The standard InChI is InChI=1S/C11H19N3O2/c1-10(9-11(15)16-2)12-5-3-7-14-8-4-6-13-14/h4,6,8,10,12H,3,5,7,9H2,1-2H3. The number of esters is 1. The summed E-state index contributed by atoms with van der Waals surface area (Å²) in [7, 11) is 1.41. The predicted molar refractivity (Wildman–Crippen MR) is 60.9 cm³/mol. The molecule has 5 nitrogen and oxygen atoms in total. The molecular formula is C11H19N3O2. The molecule has 0 aliphatic heterocycles. The van der Waals surface area contributed by atoms with Crippen molar-refractivity contribution in [2.45, 2.75) is 32.4 Å². The summed E-state index contributed by atoms with van der Waals surface area (Å²) in [5.41, 5.74) is 0. The lowest BCUT2D eigenvalue weighted by Crippen LogP contribution is -2.30. The van der Waals surface area contributed by atoms with Crippen LogP contribution in [-0.4, -0.2) is 35.4 Å². The first kappa shape index (κ1) is 12.7. The van der Waals surface area contributed by atoms with Gasteiger partial charge in [0, 0.05) is 25.0 Å². The zero-order valence-corrected chi connectivity index (χ0v) is 9.85. The molecule has 1 N–H and O–H groups in total. The Morgan fingerprint density at radius 2 is 2.44 bits per heavy atom. The van der Waals surface area contributed by atoms with E-state index in [4.69, 9.17) is 0 Å². The van der Waals surface area contributed by atoms with E-state index in [9.17, 15) is 4.79 Å². The van der Waals surface area contributed by atoms with Crippen LogP contribution in [-0.2, 0) is 16.1 Å². The summed E-state index contributed by atoms with van der Waals surface area (Å²) < 4.78 is 6.49. The molecule has 0 bridgehead atoms. The lowest BCUT2D eigenvalue weighted by Gasteiger charge is -2.12. The highest BCUT2D eigenvalue weighted by Gasteiger charge is 2.07. The fourth-order valence-electron chi connectivity index (χ4n) is 1.43.